The fourth-order valence-electron chi connectivity index (χ4n) is 2.43. The van der Waals surface area contributed by atoms with Crippen LogP contribution in [0.1, 0.15) is 18.9 Å². The van der Waals surface area contributed by atoms with Crippen LogP contribution < -0.4 is 0 Å². The molecule has 0 heteroatoms. The summed E-state index contributed by atoms with van der Waals surface area (Å²) in [6.07, 6.45) is 9.92. The molecule has 2 aromatic rings. The van der Waals surface area contributed by atoms with Crippen LogP contribution in [-0.4, -0.2) is 0 Å². The maximum Gasteiger partial charge on any atom is -0.0135 e. The van der Waals surface area contributed by atoms with E-state index in [2.05, 4.69) is 85.8 Å². The van der Waals surface area contributed by atoms with Crippen molar-refractivity contribution in [3.8, 4) is 11.1 Å². The van der Waals surface area contributed by atoms with Crippen molar-refractivity contribution in [3.05, 3.63) is 90.0 Å². The first-order valence-electron chi connectivity index (χ1n) is 7.03. The standard InChI is InChI=1S/C20H18/c1-16-7-5-10-18(14-13-16)20-12-6-11-19(15-20)17-8-3-2-4-9-17/h2-6,8-15H,7H2,1H3. The summed E-state index contributed by atoms with van der Waals surface area (Å²) >= 11 is 0. The molecule has 0 aromatic heterocycles. The van der Waals surface area contributed by atoms with Gasteiger partial charge in [-0.3, -0.25) is 0 Å². The van der Waals surface area contributed by atoms with E-state index in [1.54, 1.807) is 0 Å². The molecule has 0 bridgehead atoms. The van der Waals surface area contributed by atoms with Gasteiger partial charge in [-0.1, -0.05) is 78.4 Å². The Morgan fingerprint density at radius 3 is 2.35 bits per heavy atom. The molecule has 2 aromatic carbocycles. The third kappa shape index (κ3) is 2.80. The second-order valence-electron chi connectivity index (χ2n) is 5.19. The van der Waals surface area contributed by atoms with E-state index in [1.807, 2.05) is 0 Å². The van der Waals surface area contributed by atoms with E-state index in [0.717, 1.165) is 6.42 Å². The molecule has 3 rings (SSSR count). The van der Waals surface area contributed by atoms with Crippen molar-refractivity contribution in [1.29, 1.82) is 0 Å². The van der Waals surface area contributed by atoms with Gasteiger partial charge >= 0.3 is 0 Å². The molecule has 0 heterocycles. The largest absolute Gasteiger partial charge is 0.0799 e. The highest BCUT2D eigenvalue weighted by Gasteiger charge is 2.03. The normalized spacial score (nSPS) is 14.4. The summed E-state index contributed by atoms with van der Waals surface area (Å²) in [5, 5.41) is 0. The average molecular weight is 258 g/mol. The lowest BCUT2D eigenvalue weighted by Crippen LogP contribution is -1.83. The zero-order chi connectivity index (χ0) is 13.8. The first kappa shape index (κ1) is 12.7. The number of hydrogen-bond donors (Lipinski definition) is 0. The van der Waals surface area contributed by atoms with Crippen LogP contribution in [0.15, 0.2) is 84.5 Å². The zero-order valence-corrected chi connectivity index (χ0v) is 11.7. The topological polar surface area (TPSA) is 0 Å². The Morgan fingerprint density at radius 1 is 0.750 bits per heavy atom. The van der Waals surface area contributed by atoms with E-state index in [0.29, 0.717) is 0 Å². The fraction of sp³-hybridized carbons (Fsp3) is 0.100. The minimum atomic E-state index is 1.04. The van der Waals surface area contributed by atoms with Crippen molar-refractivity contribution < 1.29 is 0 Å². The second kappa shape index (κ2) is 5.75. The van der Waals surface area contributed by atoms with Crippen molar-refractivity contribution in [2.75, 3.05) is 0 Å². The monoisotopic (exact) mass is 258 g/mol. The van der Waals surface area contributed by atoms with Crippen LogP contribution in [0.2, 0.25) is 0 Å². The SMILES string of the molecule is CC1=CC=C(c2cccc(-c3ccccc3)c2)C=CC1. The maximum atomic E-state index is 2.26. The number of allylic oxidation sites excluding steroid dienone is 6. The van der Waals surface area contributed by atoms with Gasteiger partial charge in [0.2, 0.25) is 0 Å². The van der Waals surface area contributed by atoms with Crippen molar-refractivity contribution in [2.45, 2.75) is 13.3 Å². The average Bonchev–Trinajstić information content (AvgIpc) is 2.73. The lowest BCUT2D eigenvalue weighted by atomic mass is 9.99. The van der Waals surface area contributed by atoms with E-state index < -0.39 is 0 Å². The van der Waals surface area contributed by atoms with Crippen LogP contribution in [0.4, 0.5) is 0 Å². The second-order valence-corrected chi connectivity index (χ2v) is 5.19. The van der Waals surface area contributed by atoms with Crippen molar-refractivity contribution in [3.63, 3.8) is 0 Å². The van der Waals surface area contributed by atoms with E-state index in [-0.39, 0.29) is 0 Å². The van der Waals surface area contributed by atoms with Crippen LogP contribution in [0.5, 0.6) is 0 Å². The molecule has 0 aliphatic heterocycles. The molecule has 0 nitrogen and oxygen atoms in total. The Bertz CT molecular complexity index is 685. The van der Waals surface area contributed by atoms with Gasteiger partial charge in [0.05, 0.1) is 0 Å². The summed E-state index contributed by atoms with van der Waals surface area (Å²) in [5.41, 5.74) is 6.48. The zero-order valence-electron chi connectivity index (χ0n) is 11.7. The molecule has 0 atom stereocenters. The van der Waals surface area contributed by atoms with Crippen LogP contribution in [-0.2, 0) is 0 Å². The van der Waals surface area contributed by atoms with Gasteiger partial charge in [-0.2, -0.15) is 0 Å². The smallest absolute Gasteiger partial charge is 0.0135 e. The first-order chi connectivity index (χ1) is 9.83. The fourth-order valence-corrected chi connectivity index (χ4v) is 2.43. The molecule has 1 aliphatic rings. The Balaban J connectivity index is 2.00. The molecule has 0 unspecified atom stereocenters. The predicted molar refractivity (Wildman–Crippen MR) is 87.4 cm³/mol. The highest BCUT2D eigenvalue weighted by molar-refractivity contribution is 5.79. The highest BCUT2D eigenvalue weighted by atomic mass is 14.1. The third-order valence-electron chi connectivity index (χ3n) is 3.59. The van der Waals surface area contributed by atoms with Crippen LogP contribution in [0, 0.1) is 0 Å². The van der Waals surface area contributed by atoms with Crippen molar-refractivity contribution in [1.82, 2.24) is 0 Å². The lowest BCUT2D eigenvalue weighted by molar-refractivity contribution is 1.22. The summed E-state index contributed by atoms with van der Waals surface area (Å²) in [5.74, 6) is 0. The summed E-state index contributed by atoms with van der Waals surface area (Å²) in [6.45, 7) is 2.17. The van der Waals surface area contributed by atoms with Gasteiger partial charge in [0.25, 0.3) is 0 Å². The quantitative estimate of drug-likeness (QED) is 0.653. The summed E-state index contributed by atoms with van der Waals surface area (Å²) < 4.78 is 0. The van der Waals surface area contributed by atoms with E-state index in [9.17, 15) is 0 Å². The van der Waals surface area contributed by atoms with E-state index in [1.165, 1.54) is 27.8 Å². The Morgan fingerprint density at radius 2 is 1.50 bits per heavy atom. The van der Waals surface area contributed by atoms with Crippen LogP contribution in [0.25, 0.3) is 16.7 Å². The summed E-state index contributed by atoms with van der Waals surface area (Å²) in [6, 6.07) is 19.3. The Labute approximate surface area is 120 Å². The highest BCUT2D eigenvalue weighted by Crippen LogP contribution is 2.26. The van der Waals surface area contributed by atoms with Gasteiger partial charge in [0.15, 0.2) is 0 Å². The predicted octanol–water partition coefficient (Wildman–Crippen LogP) is 5.64. The molecule has 0 spiro atoms. The molecule has 20 heavy (non-hydrogen) atoms. The van der Waals surface area contributed by atoms with Crippen LogP contribution in [0.3, 0.4) is 0 Å². The van der Waals surface area contributed by atoms with Gasteiger partial charge in [-0.15, -0.1) is 0 Å². The minimum absolute atomic E-state index is 1.04. The minimum Gasteiger partial charge on any atom is -0.0799 e. The maximum absolute atomic E-state index is 2.26. The van der Waals surface area contributed by atoms with Gasteiger partial charge in [0, 0.05) is 0 Å². The summed E-state index contributed by atoms with van der Waals surface area (Å²) in [4.78, 5) is 0. The number of hydrogen-bond acceptors (Lipinski definition) is 0. The van der Waals surface area contributed by atoms with Gasteiger partial charge in [0.1, 0.15) is 0 Å². The Hall–Kier alpha value is -2.34. The molecule has 0 saturated carbocycles. The molecule has 0 fully saturated rings. The molecule has 98 valence electrons. The lowest BCUT2D eigenvalue weighted by Gasteiger charge is -2.06. The molecule has 0 saturated heterocycles. The first-order valence-corrected chi connectivity index (χ1v) is 7.03. The van der Waals surface area contributed by atoms with E-state index in [4.69, 9.17) is 0 Å². The molecular formula is C20H18. The van der Waals surface area contributed by atoms with Gasteiger partial charge in [-0.25, -0.2) is 0 Å². The van der Waals surface area contributed by atoms with Crippen molar-refractivity contribution >= 4 is 5.57 Å². The van der Waals surface area contributed by atoms with Crippen molar-refractivity contribution in [2.24, 2.45) is 0 Å². The molecule has 1 aliphatic carbocycles. The van der Waals surface area contributed by atoms with E-state index >= 15 is 0 Å². The Kier molecular flexibility index (Phi) is 3.64. The molecule has 0 N–H and O–H groups in total. The van der Waals surface area contributed by atoms with Gasteiger partial charge in [-0.05, 0) is 41.7 Å². The molecular weight excluding hydrogens is 240 g/mol. The molecule has 0 amide bonds. The van der Waals surface area contributed by atoms with Crippen LogP contribution >= 0.6 is 0 Å². The number of rotatable bonds is 2. The van der Waals surface area contributed by atoms with Gasteiger partial charge < -0.3 is 0 Å². The number of benzene rings is 2. The third-order valence-corrected chi connectivity index (χ3v) is 3.59. The molecule has 0 radical (unpaired) electrons. The summed E-state index contributed by atoms with van der Waals surface area (Å²) in [7, 11) is 0.